The quantitative estimate of drug-likeness (QED) is 0.682. The van der Waals surface area contributed by atoms with Gasteiger partial charge in [-0.15, -0.1) is 0 Å². The van der Waals surface area contributed by atoms with Gasteiger partial charge in [-0.05, 0) is 26.0 Å². The summed E-state index contributed by atoms with van der Waals surface area (Å²) in [5.74, 6) is -0.409. The minimum Gasteiger partial charge on any atom is -0.449 e. The molecule has 0 saturated carbocycles. The molecule has 3 heterocycles. The highest BCUT2D eigenvalue weighted by molar-refractivity contribution is 7.92. The molecule has 9 nitrogen and oxygen atoms in total. The van der Waals surface area contributed by atoms with Crippen LogP contribution in [0.1, 0.15) is 30.4 Å². The summed E-state index contributed by atoms with van der Waals surface area (Å²) in [6.07, 6.45) is 2.74. The lowest BCUT2D eigenvalue weighted by Gasteiger charge is -2.26. The maximum atomic E-state index is 13.0. The molecule has 1 saturated heterocycles. The van der Waals surface area contributed by atoms with Crippen molar-refractivity contribution in [3.8, 4) is 0 Å². The molecule has 0 bridgehead atoms. The van der Waals surface area contributed by atoms with E-state index >= 15 is 0 Å². The molecule has 1 fully saturated rings. The van der Waals surface area contributed by atoms with E-state index in [-0.39, 0.29) is 28.3 Å². The predicted octanol–water partition coefficient (Wildman–Crippen LogP) is 2.48. The highest BCUT2D eigenvalue weighted by Crippen LogP contribution is 2.33. The Balaban J connectivity index is 1.74. The summed E-state index contributed by atoms with van der Waals surface area (Å²) in [7, 11) is -3.96. The SMILES string of the molecule is CC(C)n1cc(S(=O)(=O)Nc2c(C(=O)N3CCOCC3)oc3ccccc23)cn1. The highest BCUT2D eigenvalue weighted by atomic mass is 32.2. The first kappa shape index (κ1) is 19.5. The number of sulfonamides is 1. The maximum absolute atomic E-state index is 13.0. The first-order valence-electron chi connectivity index (χ1n) is 9.32. The molecule has 0 radical (unpaired) electrons. The highest BCUT2D eigenvalue weighted by Gasteiger charge is 2.29. The zero-order valence-electron chi connectivity index (χ0n) is 16.2. The first-order valence-corrected chi connectivity index (χ1v) is 10.8. The third-order valence-corrected chi connectivity index (χ3v) is 6.05. The number of hydrogen-bond donors (Lipinski definition) is 1. The maximum Gasteiger partial charge on any atom is 0.291 e. The van der Waals surface area contributed by atoms with E-state index in [1.165, 1.54) is 12.4 Å². The molecule has 29 heavy (non-hydrogen) atoms. The molecule has 1 N–H and O–H groups in total. The van der Waals surface area contributed by atoms with Crippen molar-refractivity contribution in [1.82, 2.24) is 14.7 Å². The molecule has 2 aromatic heterocycles. The van der Waals surface area contributed by atoms with E-state index in [2.05, 4.69) is 9.82 Å². The third-order valence-electron chi connectivity index (χ3n) is 4.74. The van der Waals surface area contributed by atoms with Crippen molar-refractivity contribution in [1.29, 1.82) is 0 Å². The van der Waals surface area contributed by atoms with Crippen LogP contribution in [0.2, 0.25) is 0 Å². The zero-order chi connectivity index (χ0) is 20.6. The van der Waals surface area contributed by atoms with Crippen LogP contribution < -0.4 is 4.72 Å². The summed E-state index contributed by atoms with van der Waals surface area (Å²) in [6, 6.07) is 6.95. The minimum absolute atomic E-state index is 0.0150. The molecule has 154 valence electrons. The molecule has 1 aromatic carbocycles. The number of carbonyl (C=O) groups is 1. The number of benzene rings is 1. The number of amides is 1. The van der Waals surface area contributed by atoms with E-state index in [1.54, 1.807) is 33.8 Å². The molecule has 1 aliphatic heterocycles. The van der Waals surface area contributed by atoms with E-state index in [0.29, 0.717) is 37.3 Å². The molecule has 0 aliphatic carbocycles. The molecular formula is C19H22N4O5S. The predicted molar refractivity (Wildman–Crippen MR) is 106 cm³/mol. The Labute approximate surface area is 168 Å². The number of fused-ring (bicyclic) bond motifs is 1. The van der Waals surface area contributed by atoms with Crippen molar-refractivity contribution in [2.45, 2.75) is 24.8 Å². The van der Waals surface area contributed by atoms with Gasteiger partial charge in [-0.3, -0.25) is 14.2 Å². The van der Waals surface area contributed by atoms with Crippen LogP contribution in [0.5, 0.6) is 0 Å². The zero-order valence-corrected chi connectivity index (χ0v) is 17.0. The molecule has 4 rings (SSSR count). The number of para-hydroxylation sites is 1. The summed E-state index contributed by atoms with van der Waals surface area (Å²) in [5, 5.41) is 4.61. The second-order valence-electron chi connectivity index (χ2n) is 7.06. The topological polar surface area (TPSA) is 107 Å². The number of nitrogens with one attached hydrogen (secondary N) is 1. The lowest BCUT2D eigenvalue weighted by atomic mass is 10.2. The number of furan rings is 1. The fourth-order valence-electron chi connectivity index (χ4n) is 3.14. The number of anilines is 1. The standard InChI is InChI=1S/C19H22N4O5S/c1-13(2)23-12-14(11-20-23)29(25,26)21-17-15-5-3-4-6-16(15)28-18(17)19(24)22-7-9-27-10-8-22/h3-6,11-13,21H,7-10H2,1-2H3. The van der Waals surface area contributed by atoms with Crippen molar-refractivity contribution in [2.75, 3.05) is 31.0 Å². The Morgan fingerprint density at radius 2 is 1.93 bits per heavy atom. The molecule has 1 amide bonds. The average Bonchev–Trinajstić information content (AvgIpc) is 3.34. The first-order chi connectivity index (χ1) is 13.9. The van der Waals surface area contributed by atoms with Crippen molar-refractivity contribution in [2.24, 2.45) is 0 Å². The average molecular weight is 418 g/mol. The number of hydrogen-bond acceptors (Lipinski definition) is 6. The van der Waals surface area contributed by atoms with Crippen LogP contribution in [0, 0.1) is 0 Å². The van der Waals surface area contributed by atoms with Gasteiger partial charge in [-0.25, -0.2) is 8.42 Å². The van der Waals surface area contributed by atoms with Gasteiger partial charge in [0.1, 0.15) is 16.2 Å². The van der Waals surface area contributed by atoms with Gasteiger partial charge in [-0.1, -0.05) is 12.1 Å². The lowest BCUT2D eigenvalue weighted by molar-refractivity contribution is 0.0285. The van der Waals surface area contributed by atoms with Crippen LogP contribution in [0.4, 0.5) is 5.69 Å². The largest absolute Gasteiger partial charge is 0.449 e. The molecule has 3 aromatic rings. The fraction of sp³-hybridized carbons (Fsp3) is 0.368. The minimum atomic E-state index is -3.96. The normalized spacial score (nSPS) is 15.2. The van der Waals surface area contributed by atoms with Gasteiger partial charge >= 0.3 is 0 Å². The van der Waals surface area contributed by atoms with Gasteiger partial charge in [-0.2, -0.15) is 5.10 Å². The van der Waals surface area contributed by atoms with Crippen molar-refractivity contribution in [3.05, 3.63) is 42.4 Å². The Hall–Kier alpha value is -2.85. The van der Waals surface area contributed by atoms with Crippen LogP contribution in [-0.2, 0) is 14.8 Å². The van der Waals surface area contributed by atoms with Crippen molar-refractivity contribution in [3.63, 3.8) is 0 Å². The summed E-state index contributed by atoms with van der Waals surface area (Å²) >= 11 is 0. The van der Waals surface area contributed by atoms with Crippen LogP contribution in [0.15, 0.2) is 46.0 Å². The summed E-state index contributed by atoms with van der Waals surface area (Å²) < 4.78 is 41.1. The van der Waals surface area contributed by atoms with Crippen LogP contribution in [0.3, 0.4) is 0 Å². The Morgan fingerprint density at radius 1 is 1.21 bits per heavy atom. The number of aromatic nitrogens is 2. The van der Waals surface area contributed by atoms with Crippen LogP contribution in [0.25, 0.3) is 11.0 Å². The van der Waals surface area contributed by atoms with Gasteiger partial charge < -0.3 is 14.1 Å². The van der Waals surface area contributed by atoms with E-state index in [0.717, 1.165) is 0 Å². The van der Waals surface area contributed by atoms with Crippen molar-refractivity contribution >= 4 is 32.6 Å². The molecular weight excluding hydrogens is 396 g/mol. The molecule has 1 aliphatic rings. The van der Waals surface area contributed by atoms with E-state index in [9.17, 15) is 13.2 Å². The van der Waals surface area contributed by atoms with Crippen LogP contribution in [-0.4, -0.2) is 55.3 Å². The number of ether oxygens (including phenoxy) is 1. The van der Waals surface area contributed by atoms with Gasteiger partial charge in [0.15, 0.2) is 0 Å². The van der Waals surface area contributed by atoms with E-state index in [1.807, 2.05) is 13.8 Å². The number of nitrogens with zero attached hydrogens (tertiary/aromatic N) is 3. The Kier molecular flexibility index (Phi) is 5.05. The van der Waals surface area contributed by atoms with Gasteiger partial charge in [0.05, 0.1) is 19.4 Å². The lowest BCUT2D eigenvalue weighted by Crippen LogP contribution is -2.40. The summed E-state index contributed by atoms with van der Waals surface area (Å²) in [6.45, 7) is 5.51. The second kappa shape index (κ2) is 7.53. The number of morpholine rings is 1. The molecule has 0 spiro atoms. The molecule has 0 atom stereocenters. The van der Waals surface area contributed by atoms with Crippen molar-refractivity contribution < 1.29 is 22.4 Å². The summed E-state index contributed by atoms with van der Waals surface area (Å²) in [4.78, 5) is 14.6. The second-order valence-corrected chi connectivity index (χ2v) is 8.74. The monoisotopic (exact) mass is 418 g/mol. The number of rotatable bonds is 5. The Morgan fingerprint density at radius 3 is 2.62 bits per heavy atom. The Bertz CT molecular complexity index is 1140. The van der Waals surface area contributed by atoms with Gasteiger partial charge in [0.25, 0.3) is 15.9 Å². The fourth-order valence-corrected chi connectivity index (χ4v) is 4.16. The smallest absolute Gasteiger partial charge is 0.291 e. The van der Waals surface area contributed by atoms with Gasteiger partial charge in [0, 0.05) is 30.7 Å². The van der Waals surface area contributed by atoms with Gasteiger partial charge in [0.2, 0.25) is 5.76 Å². The molecule has 10 heteroatoms. The third kappa shape index (κ3) is 3.73. The van der Waals surface area contributed by atoms with Crippen LogP contribution >= 0.6 is 0 Å². The van der Waals surface area contributed by atoms with E-state index in [4.69, 9.17) is 9.15 Å². The summed E-state index contributed by atoms with van der Waals surface area (Å²) in [5.41, 5.74) is 0.564. The molecule has 0 unspecified atom stereocenters. The van der Waals surface area contributed by atoms with E-state index < -0.39 is 10.0 Å². The number of carbonyl (C=O) groups excluding carboxylic acids is 1.